The highest BCUT2D eigenvalue weighted by Gasteiger charge is 2.25. The molecule has 0 aromatic carbocycles. The Hall–Kier alpha value is -1.09. The summed E-state index contributed by atoms with van der Waals surface area (Å²) in [7, 11) is 0. The van der Waals surface area contributed by atoms with E-state index in [0.29, 0.717) is 5.57 Å². The van der Waals surface area contributed by atoms with Crippen LogP contribution in [0.5, 0.6) is 0 Å². The number of hydrogen-bond acceptors (Lipinski definition) is 3. The highest BCUT2D eigenvalue weighted by molar-refractivity contribution is 5.89. The van der Waals surface area contributed by atoms with Gasteiger partial charge in [0.25, 0.3) is 0 Å². The van der Waals surface area contributed by atoms with Crippen LogP contribution in [0.4, 0.5) is 0 Å². The Morgan fingerprint density at radius 1 is 1.20 bits per heavy atom. The molecule has 0 saturated carbocycles. The number of aliphatic hydroxyl groups excluding tert-OH is 1. The van der Waals surface area contributed by atoms with Crippen LogP contribution in [-0.4, -0.2) is 23.3 Å². The van der Waals surface area contributed by atoms with Crippen LogP contribution in [0, 0.1) is 0 Å². The fraction of sp³-hybridized carbons (Fsp3) is 0.706. The second kappa shape index (κ2) is 9.76. The largest absolute Gasteiger partial charge is 0.456 e. The Labute approximate surface area is 122 Å². The molecule has 0 spiro atoms. The lowest BCUT2D eigenvalue weighted by Crippen LogP contribution is -2.32. The summed E-state index contributed by atoms with van der Waals surface area (Å²) in [6, 6.07) is 0. The summed E-state index contributed by atoms with van der Waals surface area (Å²) in [6.07, 6.45) is 12.9. The molecule has 1 rings (SSSR count). The SMILES string of the molecule is C=CCCCCCCCCCC1=C[C@H](O)[C@@H](C)OC1=O. The van der Waals surface area contributed by atoms with Gasteiger partial charge in [-0.3, -0.25) is 0 Å². The Morgan fingerprint density at radius 3 is 2.45 bits per heavy atom. The van der Waals surface area contributed by atoms with Crippen molar-refractivity contribution in [2.45, 2.75) is 76.9 Å². The molecule has 0 unspecified atom stereocenters. The van der Waals surface area contributed by atoms with Crippen molar-refractivity contribution >= 4 is 5.97 Å². The lowest BCUT2D eigenvalue weighted by Gasteiger charge is -2.23. The number of esters is 1. The lowest BCUT2D eigenvalue weighted by molar-refractivity contribution is -0.149. The number of ether oxygens (including phenoxy) is 1. The molecular weight excluding hydrogens is 252 g/mol. The van der Waals surface area contributed by atoms with E-state index in [1.165, 1.54) is 32.1 Å². The molecule has 1 aliphatic heterocycles. The molecule has 1 heterocycles. The highest BCUT2D eigenvalue weighted by Crippen LogP contribution is 2.20. The number of carbonyl (C=O) groups is 1. The number of unbranched alkanes of at least 4 members (excludes halogenated alkanes) is 7. The standard InChI is InChI=1S/C17H28O3/c1-3-4-5-6-7-8-9-10-11-12-15-13-16(18)14(2)20-17(15)19/h3,13-14,16,18H,1,4-12H2,2H3/t14-,16+/m1/s1. The van der Waals surface area contributed by atoms with Gasteiger partial charge in [0.2, 0.25) is 0 Å². The number of cyclic esters (lactones) is 1. The van der Waals surface area contributed by atoms with Crippen molar-refractivity contribution in [3.63, 3.8) is 0 Å². The maximum absolute atomic E-state index is 11.6. The Morgan fingerprint density at radius 2 is 1.80 bits per heavy atom. The Bertz CT molecular complexity index is 333. The van der Waals surface area contributed by atoms with Gasteiger partial charge in [-0.15, -0.1) is 6.58 Å². The summed E-state index contributed by atoms with van der Waals surface area (Å²) >= 11 is 0. The lowest BCUT2D eigenvalue weighted by atomic mass is 10.0. The molecule has 0 aliphatic carbocycles. The molecule has 0 saturated heterocycles. The smallest absolute Gasteiger partial charge is 0.334 e. The van der Waals surface area contributed by atoms with Crippen molar-refractivity contribution < 1.29 is 14.6 Å². The van der Waals surface area contributed by atoms with Crippen LogP contribution >= 0.6 is 0 Å². The molecule has 1 aliphatic rings. The van der Waals surface area contributed by atoms with Gasteiger partial charge >= 0.3 is 5.97 Å². The minimum Gasteiger partial charge on any atom is -0.456 e. The predicted octanol–water partition coefficient (Wildman–Crippen LogP) is 3.92. The molecule has 0 radical (unpaired) electrons. The normalized spacial score (nSPS) is 22.3. The first-order valence-corrected chi connectivity index (χ1v) is 7.85. The van der Waals surface area contributed by atoms with Crippen LogP contribution < -0.4 is 0 Å². The molecule has 0 aromatic rings. The van der Waals surface area contributed by atoms with Gasteiger partial charge in [0.05, 0.1) is 0 Å². The number of carbonyl (C=O) groups excluding carboxylic acids is 1. The van der Waals surface area contributed by atoms with E-state index in [1.54, 1.807) is 13.0 Å². The van der Waals surface area contributed by atoms with Crippen molar-refractivity contribution in [3.8, 4) is 0 Å². The number of hydrogen-bond donors (Lipinski definition) is 1. The van der Waals surface area contributed by atoms with Crippen molar-refractivity contribution in [3.05, 3.63) is 24.3 Å². The van der Waals surface area contributed by atoms with Crippen molar-refractivity contribution in [2.75, 3.05) is 0 Å². The number of aliphatic hydroxyl groups is 1. The van der Waals surface area contributed by atoms with E-state index in [4.69, 9.17) is 4.74 Å². The summed E-state index contributed by atoms with van der Waals surface area (Å²) in [4.78, 5) is 11.6. The first-order valence-electron chi connectivity index (χ1n) is 7.85. The second-order valence-corrected chi connectivity index (χ2v) is 5.60. The molecule has 3 heteroatoms. The molecule has 2 atom stereocenters. The van der Waals surface area contributed by atoms with Crippen molar-refractivity contribution in [1.29, 1.82) is 0 Å². The van der Waals surface area contributed by atoms with Gasteiger partial charge < -0.3 is 9.84 Å². The fourth-order valence-electron chi connectivity index (χ4n) is 2.40. The Kier molecular flexibility index (Phi) is 8.28. The zero-order chi connectivity index (χ0) is 14.8. The zero-order valence-electron chi connectivity index (χ0n) is 12.6. The van der Waals surface area contributed by atoms with Crippen LogP contribution in [0.15, 0.2) is 24.3 Å². The van der Waals surface area contributed by atoms with E-state index >= 15 is 0 Å². The van der Waals surface area contributed by atoms with Crippen LogP contribution in [0.1, 0.15) is 64.7 Å². The van der Waals surface area contributed by atoms with Gasteiger partial charge in [0.1, 0.15) is 12.2 Å². The third kappa shape index (κ3) is 6.38. The average molecular weight is 280 g/mol. The minimum atomic E-state index is -0.646. The third-order valence-corrected chi connectivity index (χ3v) is 3.76. The monoisotopic (exact) mass is 280 g/mol. The molecular formula is C17H28O3. The fourth-order valence-corrected chi connectivity index (χ4v) is 2.40. The van der Waals surface area contributed by atoms with Crippen molar-refractivity contribution in [2.24, 2.45) is 0 Å². The molecule has 0 aromatic heterocycles. The van der Waals surface area contributed by atoms with Crippen molar-refractivity contribution in [1.82, 2.24) is 0 Å². The van der Waals surface area contributed by atoms with E-state index in [9.17, 15) is 9.90 Å². The van der Waals surface area contributed by atoms with E-state index in [2.05, 4.69) is 6.58 Å². The summed E-state index contributed by atoms with van der Waals surface area (Å²) in [6.45, 7) is 5.43. The van der Waals surface area contributed by atoms with Crippen LogP contribution in [0.2, 0.25) is 0 Å². The predicted molar refractivity (Wildman–Crippen MR) is 81.4 cm³/mol. The number of allylic oxidation sites excluding steroid dienone is 1. The summed E-state index contributed by atoms with van der Waals surface area (Å²) in [5, 5.41) is 9.65. The molecule has 0 amide bonds. The van der Waals surface area contributed by atoms with Crippen LogP contribution in [0.3, 0.4) is 0 Å². The van der Waals surface area contributed by atoms with Gasteiger partial charge in [-0.1, -0.05) is 38.2 Å². The molecule has 0 bridgehead atoms. The highest BCUT2D eigenvalue weighted by atomic mass is 16.6. The van der Waals surface area contributed by atoms with E-state index in [0.717, 1.165) is 25.7 Å². The summed E-state index contributed by atoms with van der Waals surface area (Å²) < 4.78 is 5.08. The average Bonchev–Trinajstić information content (AvgIpc) is 2.42. The molecule has 0 fully saturated rings. The van der Waals surface area contributed by atoms with Gasteiger partial charge in [-0.05, 0) is 38.7 Å². The first kappa shape index (κ1) is 17.0. The van der Waals surface area contributed by atoms with E-state index < -0.39 is 12.2 Å². The minimum absolute atomic E-state index is 0.257. The molecule has 20 heavy (non-hydrogen) atoms. The zero-order valence-corrected chi connectivity index (χ0v) is 12.6. The molecule has 3 nitrogen and oxygen atoms in total. The van der Waals surface area contributed by atoms with Crippen LogP contribution in [-0.2, 0) is 9.53 Å². The maximum Gasteiger partial charge on any atom is 0.334 e. The van der Waals surface area contributed by atoms with Gasteiger partial charge in [-0.25, -0.2) is 4.79 Å². The maximum atomic E-state index is 11.6. The topological polar surface area (TPSA) is 46.5 Å². The van der Waals surface area contributed by atoms with Gasteiger partial charge in [0.15, 0.2) is 0 Å². The second-order valence-electron chi connectivity index (χ2n) is 5.60. The quantitative estimate of drug-likeness (QED) is 0.375. The first-order chi connectivity index (χ1) is 9.65. The van der Waals surface area contributed by atoms with Crippen LogP contribution in [0.25, 0.3) is 0 Å². The Balaban J connectivity index is 2.05. The number of rotatable bonds is 10. The third-order valence-electron chi connectivity index (χ3n) is 3.76. The van der Waals surface area contributed by atoms with E-state index in [1.807, 2.05) is 6.08 Å². The molecule has 114 valence electrons. The molecule has 1 N–H and O–H groups in total. The van der Waals surface area contributed by atoms with Gasteiger partial charge in [0, 0.05) is 5.57 Å². The summed E-state index contributed by atoms with van der Waals surface area (Å²) in [5.41, 5.74) is 0.640. The summed E-state index contributed by atoms with van der Waals surface area (Å²) in [5.74, 6) is -0.257. The van der Waals surface area contributed by atoms with Gasteiger partial charge in [-0.2, -0.15) is 0 Å². The van der Waals surface area contributed by atoms with E-state index in [-0.39, 0.29) is 5.97 Å².